The highest BCUT2D eigenvalue weighted by Gasteiger charge is 2.16. The Hall–Kier alpha value is -2.89. The van der Waals surface area contributed by atoms with Gasteiger partial charge in [-0.15, -0.1) is 0 Å². The lowest BCUT2D eigenvalue weighted by Crippen LogP contribution is -2.27. The molecule has 132 valence electrons. The predicted octanol–water partition coefficient (Wildman–Crippen LogP) is 4.27. The monoisotopic (exact) mass is 342 g/mol. The highest BCUT2D eigenvalue weighted by Crippen LogP contribution is 2.22. The van der Waals surface area contributed by atoms with Gasteiger partial charge in [0, 0.05) is 11.8 Å². The zero-order valence-electron chi connectivity index (χ0n) is 14.8. The maximum absolute atomic E-state index is 11.8. The van der Waals surface area contributed by atoms with Crippen molar-refractivity contribution in [3.8, 4) is 11.1 Å². The quantitative estimate of drug-likeness (QED) is 0.840. The van der Waals surface area contributed by atoms with Crippen LogP contribution in [0.15, 0.2) is 42.7 Å². The van der Waals surface area contributed by atoms with Crippen molar-refractivity contribution in [3.63, 3.8) is 0 Å². The predicted molar refractivity (Wildman–Crippen MR) is 95.5 cm³/mol. The average molecular weight is 342 g/mol. The highest BCUT2D eigenvalue weighted by atomic mass is 16.6. The number of nitrogens with one attached hydrogen (secondary N) is 1. The van der Waals surface area contributed by atoms with Gasteiger partial charge < -0.3 is 9.47 Å². The smallest absolute Gasteiger partial charge is 0.412 e. The van der Waals surface area contributed by atoms with Crippen LogP contribution >= 0.6 is 0 Å². The van der Waals surface area contributed by atoms with Crippen LogP contribution in [-0.4, -0.2) is 29.3 Å². The largest absolute Gasteiger partial charge is 0.462 e. The second kappa shape index (κ2) is 7.79. The summed E-state index contributed by atoms with van der Waals surface area (Å²) in [6.07, 6.45) is 2.68. The van der Waals surface area contributed by atoms with Crippen molar-refractivity contribution >= 4 is 17.7 Å². The van der Waals surface area contributed by atoms with Crippen LogP contribution in [0.5, 0.6) is 0 Å². The van der Waals surface area contributed by atoms with Crippen LogP contribution in [0.1, 0.15) is 38.1 Å². The summed E-state index contributed by atoms with van der Waals surface area (Å²) in [4.78, 5) is 27.7. The molecule has 1 amide bonds. The average Bonchev–Trinajstić information content (AvgIpc) is 2.53. The number of nitrogens with zero attached hydrogens (tertiary/aromatic N) is 1. The fourth-order valence-corrected chi connectivity index (χ4v) is 2.10. The fourth-order valence-electron chi connectivity index (χ4n) is 2.10. The molecule has 0 fully saturated rings. The van der Waals surface area contributed by atoms with Crippen LogP contribution in [-0.2, 0) is 9.47 Å². The summed E-state index contributed by atoms with van der Waals surface area (Å²) in [6, 6.07) is 8.79. The molecule has 1 aromatic heterocycles. The molecule has 6 nitrogen and oxygen atoms in total. The minimum absolute atomic E-state index is 0.336. The zero-order valence-corrected chi connectivity index (χ0v) is 14.8. The Kier molecular flexibility index (Phi) is 5.75. The Morgan fingerprint density at radius 2 is 1.76 bits per heavy atom. The van der Waals surface area contributed by atoms with Crippen LogP contribution < -0.4 is 5.32 Å². The lowest BCUT2D eigenvalue weighted by molar-refractivity contribution is 0.0525. The van der Waals surface area contributed by atoms with E-state index in [4.69, 9.17) is 9.47 Å². The molecule has 25 heavy (non-hydrogen) atoms. The third-order valence-corrected chi connectivity index (χ3v) is 3.11. The summed E-state index contributed by atoms with van der Waals surface area (Å²) >= 11 is 0. The molecule has 0 unspecified atom stereocenters. The van der Waals surface area contributed by atoms with E-state index in [1.54, 1.807) is 70.4 Å². The number of anilines is 1. The Balaban J connectivity index is 2.13. The third kappa shape index (κ3) is 5.60. The molecule has 2 rings (SSSR count). The molecule has 0 atom stereocenters. The van der Waals surface area contributed by atoms with Crippen LogP contribution in [0.4, 0.5) is 10.5 Å². The Bertz CT molecular complexity index is 749. The molecule has 2 aromatic rings. The minimum Gasteiger partial charge on any atom is -0.462 e. The first-order chi connectivity index (χ1) is 11.8. The molecule has 0 saturated heterocycles. The highest BCUT2D eigenvalue weighted by molar-refractivity contribution is 5.90. The normalized spacial score (nSPS) is 10.9. The first-order valence-electron chi connectivity index (χ1n) is 8.01. The van der Waals surface area contributed by atoms with Crippen LogP contribution in [0.3, 0.4) is 0 Å². The first-order valence-corrected chi connectivity index (χ1v) is 8.01. The van der Waals surface area contributed by atoms with Crippen molar-refractivity contribution < 1.29 is 19.1 Å². The molecule has 0 aliphatic heterocycles. The topological polar surface area (TPSA) is 77.5 Å². The van der Waals surface area contributed by atoms with Gasteiger partial charge in [-0.05, 0) is 51.5 Å². The molecule has 1 aromatic carbocycles. The lowest BCUT2D eigenvalue weighted by atomic mass is 10.1. The molecule has 0 aliphatic rings. The number of amides is 1. The van der Waals surface area contributed by atoms with E-state index in [1.165, 1.54) is 0 Å². The van der Waals surface area contributed by atoms with Crippen molar-refractivity contribution in [1.29, 1.82) is 0 Å². The number of benzene rings is 1. The van der Waals surface area contributed by atoms with Gasteiger partial charge in [-0.1, -0.05) is 12.1 Å². The van der Waals surface area contributed by atoms with Crippen molar-refractivity contribution in [2.45, 2.75) is 33.3 Å². The van der Waals surface area contributed by atoms with Crippen LogP contribution in [0.2, 0.25) is 0 Å². The van der Waals surface area contributed by atoms with E-state index in [-0.39, 0.29) is 5.97 Å². The van der Waals surface area contributed by atoms with Gasteiger partial charge >= 0.3 is 12.1 Å². The van der Waals surface area contributed by atoms with Gasteiger partial charge in [0.2, 0.25) is 0 Å². The molecule has 0 aliphatic carbocycles. The molecule has 0 saturated carbocycles. The fraction of sp³-hybridized carbons (Fsp3) is 0.316. The van der Waals surface area contributed by atoms with Gasteiger partial charge in [0.1, 0.15) is 5.60 Å². The number of hydrogen-bond donors (Lipinski definition) is 1. The number of carbonyl (C=O) groups is 2. The van der Waals surface area contributed by atoms with Crippen molar-refractivity contribution in [2.75, 3.05) is 11.9 Å². The summed E-state index contributed by atoms with van der Waals surface area (Å²) < 4.78 is 10.2. The maximum Gasteiger partial charge on any atom is 0.412 e. The van der Waals surface area contributed by atoms with Gasteiger partial charge in [0.05, 0.1) is 24.1 Å². The van der Waals surface area contributed by atoms with Crippen LogP contribution in [0.25, 0.3) is 11.1 Å². The van der Waals surface area contributed by atoms with Crippen molar-refractivity contribution in [2.24, 2.45) is 0 Å². The SMILES string of the molecule is CCOC(=O)c1ccc(-c2cncc(NC(=O)OC(C)(C)C)c2)cc1. The number of ether oxygens (including phenoxy) is 2. The number of carbonyl (C=O) groups excluding carboxylic acids is 2. The second-order valence-corrected chi connectivity index (χ2v) is 6.39. The van der Waals surface area contributed by atoms with E-state index in [9.17, 15) is 9.59 Å². The van der Waals surface area contributed by atoms with Crippen LogP contribution in [0, 0.1) is 0 Å². The summed E-state index contributed by atoms with van der Waals surface area (Å²) in [7, 11) is 0. The van der Waals surface area contributed by atoms with E-state index in [0.717, 1.165) is 11.1 Å². The minimum atomic E-state index is -0.571. The number of aromatic nitrogens is 1. The Morgan fingerprint density at radius 3 is 2.36 bits per heavy atom. The Labute approximate surface area is 147 Å². The number of esters is 1. The summed E-state index contributed by atoms with van der Waals surface area (Å²) in [6.45, 7) is 7.50. The molecular formula is C19H22N2O4. The zero-order chi connectivity index (χ0) is 18.4. The van der Waals surface area contributed by atoms with Gasteiger partial charge in [-0.2, -0.15) is 0 Å². The van der Waals surface area contributed by atoms with E-state index in [0.29, 0.717) is 17.9 Å². The van der Waals surface area contributed by atoms with Gasteiger partial charge in [-0.25, -0.2) is 9.59 Å². The third-order valence-electron chi connectivity index (χ3n) is 3.11. The Morgan fingerprint density at radius 1 is 1.08 bits per heavy atom. The maximum atomic E-state index is 11.8. The van der Waals surface area contributed by atoms with E-state index in [2.05, 4.69) is 10.3 Å². The van der Waals surface area contributed by atoms with Gasteiger partial charge in [-0.3, -0.25) is 10.3 Å². The van der Waals surface area contributed by atoms with E-state index < -0.39 is 11.7 Å². The summed E-state index contributed by atoms with van der Waals surface area (Å²) in [5.74, 6) is -0.354. The summed E-state index contributed by atoms with van der Waals surface area (Å²) in [5.41, 5.74) is 2.12. The van der Waals surface area contributed by atoms with Gasteiger partial charge in [0.25, 0.3) is 0 Å². The number of hydrogen-bond acceptors (Lipinski definition) is 5. The molecule has 0 radical (unpaired) electrons. The second-order valence-electron chi connectivity index (χ2n) is 6.39. The first kappa shape index (κ1) is 18.4. The lowest BCUT2D eigenvalue weighted by Gasteiger charge is -2.19. The molecule has 0 bridgehead atoms. The molecule has 6 heteroatoms. The van der Waals surface area contributed by atoms with Gasteiger partial charge in [0.15, 0.2) is 0 Å². The standard InChI is InChI=1S/C19H22N2O4/c1-5-24-17(22)14-8-6-13(7-9-14)15-10-16(12-20-11-15)21-18(23)25-19(2,3)4/h6-12H,5H2,1-4H3,(H,21,23). The number of pyridine rings is 1. The molecule has 0 spiro atoms. The van der Waals surface area contributed by atoms with Crippen molar-refractivity contribution in [3.05, 3.63) is 48.3 Å². The van der Waals surface area contributed by atoms with E-state index >= 15 is 0 Å². The number of rotatable bonds is 4. The molecular weight excluding hydrogens is 320 g/mol. The van der Waals surface area contributed by atoms with Crippen molar-refractivity contribution in [1.82, 2.24) is 4.98 Å². The van der Waals surface area contributed by atoms with E-state index in [1.807, 2.05) is 0 Å². The molecule has 1 N–H and O–H groups in total. The summed E-state index contributed by atoms with van der Waals surface area (Å²) in [5, 5.41) is 2.66. The molecule has 1 heterocycles.